The van der Waals surface area contributed by atoms with Gasteiger partial charge in [0.2, 0.25) is 5.89 Å². The van der Waals surface area contributed by atoms with Crippen LogP contribution in [0, 0.1) is 0 Å². The fraction of sp³-hybridized carbons (Fsp3) is 0.250. The van der Waals surface area contributed by atoms with Crippen molar-refractivity contribution >= 4 is 11.9 Å². The molecule has 0 aliphatic heterocycles. The minimum absolute atomic E-state index is 0.128. The first-order valence-electron chi connectivity index (χ1n) is 5.80. The van der Waals surface area contributed by atoms with Crippen LogP contribution in [0.2, 0.25) is 0 Å². The smallest absolute Gasteiger partial charge is 0.322 e. The Bertz CT molecular complexity index is 510. The number of carbonyl (C=O) groups is 1. The standard InChI is InChI=1S/C12H14N4O2/c1-2-13-8-10(17)14-12-16-15-11(18-12)9-6-4-3-5-7-9/h3-7,13H,2,8H2,1H3,(H,14,16,17)/p+1. The molecule has 0 radical (unpaired) electrons. The van der Waals surface area contributed by atoms with Gasteiger partial charge in [-0.25, -0.2) is 0 Å². The summed E-state index contributed by atoms with van der Waals surface area (Å²) in [6, 6.07) is 9.53. The lowest BCUT2D eigenvalue weighted by Gasteiger charge is -1.97. The molecule has 6 heteroatoms. The number of likely N-dealkylation sites (N-methyl/N-ethyl adjacent to an activating group) is 1. The minimum Gasteiger partial charge on any atom is -0.403 e. The Morgan fingerprint density at radius 1 is 1.33 bits per heavy atom. The molecule has 6 nitrogen and oxygen atoms in total. The molecule has 2 rings (SSSR count). The van der Waals surface area contributed by atoms with Crippen LogP contribution in [-0.2, 0) is 4.79 Å². The maximum atomic E-state index is 11.4. The number of hydrogen-bond donors (Lipinski definition) is 2. The summed E-state index contributed by atoms with van der Waals surface area (Å²) >= 11 is 0. The van der Waals surface area contributed by atoms with Gasteiger partial charge in [-0.3, -0.25) is 10.1 Å². The first-order valence-corrected chi connectivity index (χ1v) is 5.80. The number of aromatic nitrogens is 2. The number of amides is 1. The third-order valence-electron chi connectivity index (χ3n) is 2.31. The largest absolute Gasteiger partial charge is 0.403 e. The van der Waals surface area contributed by atoms with E-state index in [4.69, 9.17) is 4.42 Å². The summed E-state index contributed by atoms with van der Waals surface area (Å²) in [5.41, 5.74) is 0.825. The summed E-state index contributed by atoms with van der Waals surface area (Å²) in [5.74, 6) is 0.241. The van der Waals surface area contributed by atoms with Gasteiger partial charge in [-0.15, -0.1) is 5.10 Å². The van der Waals surface area contributed by atoms with Crippen LogP contribution in [0.5, 0.6) is 0 Å². The zero-order valence-electron chi connectivity index (χ0n) is 10.1. The number of nitrogens with zero attached hydrogens (tertiary/aromatic N) is 2. The maximum absolute atomic E-state index is 11.4. The number of nitrogens with two attached hydrogens (primary N) is 1. The minimum atomic E-state index is -0.153. The van der Waals surface area contributed by atoms with Gasteiger partial charge in [0.1, 0.15) is 0 Å². The van der Waals surface area contributed by atoms with Gasteiger partial charge in [-0.1, -0.05) is 23.3 Å². The van der Waals surface area contributed by atoms with Gasteiger partial charge in [0.25, 0.3) is 5.91 Å². The molecule has 94 valence electrons. The molecule has 0 aliphatic carbocycles. The molecule has 0 aliphatic rings. The molecule has 3 N–H and O–H groups in total. The maximum Gasteiger partial charge on any atom is 0.322 e. The molecule has 18 heavy (non-hydrogen) atoms. The molecule has 1 amide bonds. The highest BCUT2D eigenvalue weighted by Gasteiger charge is 2.11. The highest BCUT2D eigenvalue weighted by atomic mass is 16.4. The highest BCUT2D eigenvalue weighted by molar-refractivity contribution is 5.89. The zero-order valence-corrected chi connectivity index (χ0v) is 10.1. The van der Waals surface area contributed by atoms with E-state index in [2.05, 4.69) is 15.5 Å². The van der Waals surface area contributed by atoms with E-state index in [1.54, 1.807) is 0 Å². The van der Waals surface area contributed by atoms with Crippen molar-refractivity contribution in [1.29, 1.82) is 0 Å². The normalized spacial score (nSPS) is 10.3. The Kier molecular flexibility index (Phi) is 4.03. The number of quaternary nitrogens is 1. The topological polar surface area (TPSA) is 84.6 Å². The fourth-order valence-electron chi connectivity index (χ4n) is 1.42. The Balaban J connectivity index is 2.00. The van der Waals surface area contributed by atoms with Crippen molar-refractivity contribution in [2.24, 2.45) is 0 Å². The van der Waals surface area contributed by atoms with Crippen LogP contribution in [0.1, 0.15) is 6.92 Å². The molecule has 2 aromatic rings. The zero-order chi connectivity index (χ0) is 12.8. The molecule has 1 aromatic carbocycles. The number of hydrogen-bond acceptors (Lipinski definition) is 4. The van der Waals surface area contributed by atoms with E-state index < -0.39 is 0 Å². The molecule has 0 atom stereocenters. The number of rotatable bonds is 5. The van der Waals surface area contributed by atoms with E-state index in [-0.39, 0.29) is 11.9 Å². The van der Waals surface area contributed by atoms with Crippen molar-refractivity contribution in [3.63, 3.8) is 0 Å². The summed E-state index contributed by atoms with van der Waals surface area (Å²) in [4.78, 5) is 11.4. The molecular weight excluding hydrogens is 232 g/mol. The van der Waals surface area contributed by atoms with Gasteiger partial charge >= 0.3 is 6.01 Å². The number of carbonyl (C=O) groups excluding carboxylic acids is 1. The third kappa shape index (κ3) is 3.14. The van der Waals surface area contributed by atoms with Gasteiger partial charge in [0.05, 0.1) is 6.54 Å². The second-order valence-corrected chi connectivity index (χ2v) is 3.73. The predicted octanol–water partition coefficient (Wildman–Crippen LogP) is 0.258. The van der Waals surface area contributed by atoms with Gasteiger partial charge < -0.3 is 9.73 Å². The van der Waals surface area contributed by atoms with E-state index in [1.807, 2.05) is 42.6 Å². The first kappa shape index (κ1) is 12.3. The molecule has 1 aromatic heterocycles. The van der Waals surface area contributed by atoms with Crippen molar-refractivity contribution in [1.82, 2.24) is 10.2 Å². The predicted molar refractivity (Wildman–Crippen MR) is 65.7 cm³/mol. The van der Waals surface area contributed by atoms with Crippen molar-refractivity contribution in [3.05, 3.63) is 30.3 Å². The van der Waals surface area contributed by atoms with E-state index in [1.165, 1.54) is 0 Å². The quantitative estimate of drug-likeness (QED) is 0.793. The van der Waals surface area contributed by atoms with Gasteiger partial charge in [-0.2, -0.15) is 0 Å². The van der Waals surface area contributed by atoms with E-state index in [9.17, 15) is 4.79 Å². The SMILES string of the molecule is CC[NH2+]CC(=O)Nc1nnc(-c2ccccc2)o1. The third-order valence-corrected chi connectivity index (χ3v) is 2.31. The number of benzene rings is 1. The molecule has 0 saturated heterocycles. The van der Waals surface area contributed by atoms with Crippen molar-refractivity contribution < 1.29 is 14.5 Å². The van der Waals surface area contributed by atoms with Crippen molar-refractivity contribution in [2.45, 2.75) is 6.92 Å². The van der Waals surface area contributed by atoms with Crippen LogP contribution in [0.15, 0.2) is 34.7 Å². The van der Waals surface area contributed by atoms with Crippen LogP contribution in [0.4, 0.5) is 6.01 Å². The second-order valence-electron chi connectivity index (χ2n) is 3.73. The number of anilines is 1. The summed E-state index contributed by atoms with van der Waals surface area (Å²) in [6.07, 6.45) is 0. The Morgan fingerprint density at radius 3 is 2.83 bits per heavy atom. The lowest BCUT2D eigenvalue weighted by molar-refractivity contribution is -0.640. The van der Waals surface area contributed by atoms with Crippen LogP contribution in [-0.4, -0.2) is 29.2 Å². The molecule has 0 spiro atoms. The molecule has 0 saturated carbocycles. The van der Waals surface area contributed by atoms with Gasteiger partial charge in [-0.05, 0) is 19.1 Å². The van der Waals surface area contributed by atoms with Crippen molar-refractivity contribution in [3.8, 4) is 11.5 Å². The van der Waals surface area contributed by atoms with Crippen LogP contribution in [0.25, 0.3) is 11.5 Å². The summed E-state index contributed by atoms with van der Waals surface area (Å²) in [5, 5.41) is 12.1. The first-order chi connectivity index (χ1) is 8.79. The average Bonchev–Trinajstić information content (AvgIpc) is 2.86. The Hall–Kier alpha value is -2.21. The summed E-state index contributed by atoms with van der Waals surface area (Å²) in [6.45, 7) is 3.18. The molecule has 0 fully saturated rings. The lowest BCUT2D eigenvalue weighted by atomic mass is 10.2. The van der Waals surface area contributed by atoms with Gasteiger partial charge in [0.15, 0.2) is 6.54 Å². The highest BCUT2D eigenvalue weighted by Crippen LogP contribution is 2.18. The van der Waals surface area contributed by atoms with E-state index in [0.29, 0.717) is 12.4 Å². The molecule has 0 bridgehead atoms. The van der Waals surface area contributed by atoms with Crippen LogP contribution < -0.4 is 10.6 Å². The van der Waals surface area contributed by atoms with Crippen LogP contribution >= 0.6 is 0 Å². The van der Waals surface area contributed by atoms with E-state index in [0.717, 1.165) is 12.1 Å². The number of nitrogens with one attached hydrogen (secondary N) is 1. The van der Waals surface area contributed by atoms with Gasteiger partial charge in [0, 0.05) is 5.56 Å². The molecule has 0 unspecified atom stereocenters. The average molecular weight is 247 g/mol. The Labute approximate surface area is 104 Å². The second kappa shape index (κ2) is 5.92. The monoisotopic (exact) mass is 247 g/mol. The lowest BCUT2D eigenvalue weighted by Crippen LogP contribution is -2.85. The van der Waals surface area contributed by atoms with E-state index >= 15 is 0 Å². The van der Waals surface area contributed by atoms with Crippen molar-refractivity contribution in [2.75, 3.05) is 18.4 Å². The van der Waals surface area contributed by atoms with Crippen LogP contribution in [0.3, 0.4) is 0 Å². The fourth-order valence-corrected chi connectivity index (χ4v) is 1.42. The Morgan fingerprint density at radius 2 is 2.11 bits per heavy atom. The molecular formula is C12H15N4O2+. The summed E-state index contributed by atoms with van der Waals surface area (Å²) < 4.78 is 5.35. The molecule has 1 heterocycles. The summed E-state index contributed by atoms with van der Waals surface area (Å²) in [7, 11) is 0.